The van der Waals surface area contributed by atoms with Crippen LogP contribution in [0.15, 0.2) is 90.5 Å². The van der Waals surface area contributed by atoms with E-state index in [1.807, 2.05) is 48.2 Å². The SMILES string of the molecule is CCOC(=O)CCC1=CC=CC(c2ccc(OC)cc2)(c2cccc3c2CCN(C(=O)c2ccc(OC)cc2)C3)C1. The number of carbonyl (C=O) groups excluding carboxylic acids is 2. The molecular formula is C35H37NO5. The predicted molar refractivity (Wildman–Crippen MR) is 159 cm³/mol. The maximum atomic E-state index is 13.4. The average molecular weight is 552 g/mol. The van der Waals surface area contributed by atoms with Crippen LogP contribution in [0.5, 0.6) is 11.5 Å². The summed E-state index contributed by atoms with van der Waals surface area (Å²) in [6.07, 6.45) is 9.08. The van der Waals surface area contributed by atoms with Gasteiger partial charge in [0.25, 0.3) is 5.91 Å². The molecule has 41 heavy (non-hydrogen) atoms. The number of amides is 1. The van der Waals surface area contributed by atoms with E-state index >= 15 is 0 Å². The van der Waals surface area contributed by atoms with Crippen LogP contribution in [0, 0.1) is 0 Å². The van der Waals surface area contributed by atoms with Crippen molar-refractivity contribution in [2.24, 2.45) is 0 Å². The molecule has 212 valence electrons. The summed E-state index contributed by atoms with van der Waals surface area (Å²) in [5, 5.41) is 0. The third kappa shape index (κ3) is 5.92. The van der Waals surface area contributed by atoms with Crippen LogP contribution in [0.2, 0.25) is 0 Å². The van der Waals surface area contributed by atoms with E-state index < -0.39 is 5.41 Å². The minimum Gasteiger partial charge on any atom is -0.497 e. The fourth-order valence-electron chi connectivity index (χ4n) is 6.04. The van der Waals surface area contributed by atoms with Crippen LogP contribution in [0.4, 0.5) is 0 Å². The number of methoxy groups -OCH3 is 2. The van der Waals surface area contributed by atoms with Gasteiger partial charge in [0.1, 0.15) is 11.5 Å². The van der Waals surface area contributed by atoms with Crippen molar-refractivity contribution in [3.05, 3.63) is 118 Å². The molecule has 0 saturated heterocycles. The zero-order valence-corrected chi connectivity index (χ0v) is 24.0. The second-order valence-corrected chi connectivity index (χ2v) is 10.5. The summed E-state index contributed by atoms with van der Waals surface area (Å²) in [4.78, 5) is 27.4. The minimum atomic E-state index is -0.404. The van der Waals surface area contributed by atoms with Gasteiger partial charge in [-0.2, -0.15) is 0 Å². The molecule has 1 atom stereocenters. The maximum Gasteiger partial charge on any atom is 0.306 e. The van der Waals surface area contributed by atoms with Crippen LogP contribution >= 0.6 is 0 Å². The Morgan fingerprint density at radius 1 is 0.927 bits per heavy atom. The molecule has 6 nitrogen and oxygen atoms in total. The first-order valence-corrected chi connectivity index (χ1v) is 14.2. The van der Waals surface area contributed by atoms with Crippen LogP contribution in [-0.4, -0.2) is 44.1 Å². The molecule has 1 aliphatic carbocycles. The number of ether oxygens (including phenoxy) is 3. The molecule has 0 saturated carbocycles. The smallest absolute Gasteiger partial charge is 0.306 e. The van der Waals surface area contributed by atoms with Crippen molar-refractivity contribution in [3.63, 3.8) is 0 Å². The Kier molecular flexibility index (Phi) is 8.58. The molecule has 2 aliphatic rings. The fraction of sp³-hybridized carbons (Fsp3) is 0.314. The molecule has 0 bridgehead atoms. The van der Waals surface area contributed by atoms with Gasteiger partial charge in [0, 0.05) is 30.5 Å². The molecule has 0 aromatic heterocycles. The maximum absolute atomic E-state index is 13.4. The summed E-state index contributed by atoms with van der Waals surface area (Å²) in [6.45, 7) is 3.42. The van der Waals surface area contributed by atoms with Gasteiger partial charge in [-0.05, 0) is 84.8 Å². The molecule has 3 aromatic carbocycles. The van der Waals surface area contributed by atoms with Gasteiger partial charge in [-0.15, -0.1) is 0 Å². The lowest BCUT2D eigenvalue weighted by Gasteiger charge is -2.39. The summed E-state index contributed by atoms with van der Waals surface area (Å²) >= 11 is 0. The summed E-state index contributed by atoms with van der Waals surface area (Å²) < 4.78 is 15.9. The van der Waals surface area contributed by atoms with Gasteiger partial charge in [0.2, 0.25) is 0 Å². The van der Waals surface area contributed by atoms with E-state index in [2.05, 4.69) is 48.6 Å². The number of esters is 1. The van der Waals surface area contributed by atoms with Crippen molar-refractivity contribution in [1.82, 2.24) is 4.90 Å². The first-order chi connectivity index (χ1) is 20.0. The number of hydrogen-bond acceptors (Lipinski definition) is 5. The molecule has 1 unspecified atom stereocenters. The Hall–Kier alpha value is -4.32. The van der Waals surface area contributed by atoms with Gasteiger partial charge < -0.3 is 19.1 Å². The molecule has 6 heteroatoms. The third-order valence-corrected chi connectivity index (χ3v) is 8.15. The Balaban J connectivity index is 1.47. The number of allylic oxidation sites excluding steroid dienone is 4. The van der Waals surface area contributed by atoms with E-state index in [0.717, 1.165) is 24.3 Å². The summed E-state index contributed by atoms with van der Waals surface area (Å²) in [6, 6.07) is 22.0. The molecule has 1 amide bonds. The van der Waals surface area contributed by atoms with Crippen molar-refractivity contribution in [1.29, 1.82) is 0 Å². The monoisotopic (exact) mass is 551 g/mol. The topological polar surface area (TPSA) is 65.1 Å². The standard InChI is InChI=1S/C35H37NO5/c1-4-41-33(37)19-10-25-7-6-21-35(23-25,28-13-17-30(40-3)18-14-28)32-9-5-8-27-24-36(22-20-31(27)32)34(38)26-11-15-29(39-2)16-12-26/h5-9,11-18,21H,4,10,19-20,22-24H2,1-3H3. The summed E-state index contributed by atoms with van der Waals surface area (Å²) in [5.74, 6) is 1.40. The first kappa shape index (κ1) is 28.2. The second-order valence-electron chi connectivity index (χ2n) is 10.5. The fourth-order valence-corrected chi connectivity index (χ4v) is 6.04. The normalized spacial score (nSPS) is 17.8. The summed E-state index contributed by atoms with van der Waals surface area (Å²) in [7, 11) is 3.30. The molecule has 0 N–H and O–H groups in total. The van der Waals surface area contributed by atoms with Crippen LogP contribution in [0.25, 0.3) is 0 Å². The minimum absolute atomic E-state index is 0.0234. The van der Waals surface area contributed by atoms with Crippen LogP contribution in [-0.2, 0) is 27.9 Å². The van der Waals surface area contributed by atoms with Crippen molar-refractivity contribution in [2.45, 2.75) is 44.6 Å². The van der Waals surface area contributed by atoms with E-state index in [1.54, 1.807) is 14.2 Å². The molecule has 0 fully saturated rings. The predicted octanol–water partition coefficient (Wildman–Crippen LogP) is 6.42. The lowest BCUT2D eigenvalue weighted by atomic mass is 9.65. The number of carbonyl (C=O) groups is 2. The molecular weight excluding hydrogens is 514 g/mol. The van der Waals surface area contributed by atoms with E-state index in [0.29, 0.717) is 38.1 Å². The molecule has 1 aliphatic heterocycles. The zero-order chi connectivity index (χ0) is 28.8. The van der Waals surface area contributed by atoms with E-state index in [4.69, 9.17) is 14.2 Å². The quantitative estimate of drug-likeness (QED) is 0.287. The molecule has 0 radical (unpaired) electrons. The van der Waals surface area contributed by atoms with Gasteiger partial charge in [0.05, 0.1) is 20.8 Å². The van der Waals surface area contributed by atoms with E-state index in [-0.39, 0.29) is 11.9 Å². The Morgan fingerprint density at radius 2 is 1.63 bits per heavy atom. The van der Waals surface area contributed by atoms with Gasteiger partial charge in [0.15, 0.2) is 0 Å². The van der Waals surface area contributed by atoms with Crippen molar-refractivity contribution in [2.75, 3.05) is 27.4 Å². The van der Waals surface area contributed by atoms with Crippen molar-refractivity contribution in [3.8, 4) is 11.5 Å². The molecule has 1 heterocycles. The van der Waals surface area contributed by atoms with Crippen LogP contribution < -0.4 is 9.47 Å². The number of hydrogen-bond donors (Lipinski definition) is 0. The number of fused-ring (bicyclic) bond motifs is 1. The number of nitrogens with zero attached hydrogens (tertiary/aromatic N) is 1. The highest BCUT2D eigenvalue weighted by Crippen LogP contribution is 2.46. The van der Waals surface area contributed by atoms with Crippen molar-refractivity contribution < 1.29 is 23.8 Å². The van der Waals surface area contributed by atoms with Crippen molar-refractivity contribution >= 4 is 11.9 Å². The highest BCUT2D eigenvalue weighted by atomic mass is 16.5. The lowest BCUT2D eigenvalue weighted by Crippen LogP contribution is -2.38. The summed E-state index contributed by atoms with van der Waals surface area (Å²) in [5.41, 5.74) is 6.33. The molecule has 3 aromatic rings. The number of rotatable bonds is 9. The number of benzene rings is 3. The van der Waals surface area contributed by atoms with E-state index in [9.17, 15) is 9.59 Å². The Labute approximate surface area is 242 Å². The Morgan fingerprint density at radius 3 is 2.32 bits per heavy atom. The molecule has 0 spiro atoms. The Bertz CT molecular complexity index is 1450. The van der Waals surface area contributed by atoms with Gasteiger partial charge in [-0.25, -0.2) is 0 Å². The highest BCUT2D eigenvalue weighted by molar-refractivity contribution is 5.94. The van der Waals surface area contributed by atoms with Crippen LogP contribution in [0.1, 0.15) is 58.8 Å². The first-order valence-electron chi connectivity index (χ1n) is 14.2. The van der Waals surface area contributed by atoms with E-state index in [1.165, 1.54) is 27.8 Å². The average Bonchev–Trinajstić information content (AvgIpc) is 3.03. The second kappa shape index (κ2) is 12.5. The molecule has 5 rings (SSSR count). The van der Waals surface area contributed by atoms with Crippen LogP contribution in [0.3, 0.4) is 0 Å². The third-order valence-electron chi connectivity index (χ3n) is 8.15. The van der Waals surface area contributed by atoms with Gasteiger partial charge in [-0.3, -0.25) is 9.59 Å². The zero-order valence-electron chi connectivity index (χ0n) is 24.0. The van der Waals surface area contributed by atoms with Gasteiger partial charge in [-0.1, -0.05) is 54.1 Å². The van der Waals surface area contributed by atoms with Gasteiger partial charge >= 0.3 is 5.97 Å². The largest absolute Gasteiger partial charge is 0.497 e. The highest BCUT2D eigenvalue weighted by Gasteiger charge is 2.37. The lowest BCUT2D eigenvalue weighted by molar-refractivity contribution is -0.143.